The monoisotopic (exact) mass is 326 g/mol. The van der Waals surface area contributed by atoms with Crippen LogP contribution in [0.5, 0.6) is 5.75 Å². The Hall–Kier alpha value is -2.83. The first kappa shape index (κ1) is 16.5. The van der Waals surface area contributed by atoms with Crippen molar-refractivity contribution in [2.24, 2.45) is 0 Å². The lowest BCUT2D eigenvalue weighted by Gasteiger charge is -2.13. The second kappa shape index (κ2) is 6.51. The van der Waals surface area contributed by atoms with E-state index in [0.29, 0.717) is 0 Å². The van der Waals surface area contributed by atoms with Crippen LogP contribution in [-0.4, -0.2) is 17.4 Å². The second-order valence-electron chi connectivity index (χ2n) is 4.45. The molecule has 0 bridgehead atoms. The summed E-state index contributed by atoms with van der Waals surface area (Å²) in [6, 6.07) is 9.01. The molecule has 0 amide bonds. The summed E-state index contributed by atoms with van der Waals surface area (Å²) in [6.07, 6.45) is -3.04. The largest absolute Gasteiger partial charge is 0.573 e. The van der Waals surface area contributed by atoms with Crippen LogP contribution < -0.4 is 4.74 Å². The summed E-state index contributed by atoms with van der Waals surface area (Å²) >= 11 is 0. The number of rotatable bonds is 4. The molecule has 0 radical (unpaired) electrons. The lowest BCUT2D eigenvalue weighted by atomic mass is 10.0. The van der Waals surface area contributed by atoms with Crippen LogP contribution in [0.1, 0.15) is 5.56 Å². The van der Waals surface area contributed by atoms with Gasteiger partial charge in [-0.1, -0.05) is 30.3 Å². The van der Waals surface area contributed by atoms with E-state index in [-0.39, 0.29) is 16.7 Å². The molecule has 2 aromatic carbocycles. The van der Waals surface area contributed by atoms with E-state index in [1.54, 1.807) is 0 Å². The summed E-state index contributed by atoms with van der Waals surface area (Å²) in [4.78, 5) is 10.4. The summed E-state index contributed by atoms with van der Waals surface area (Å²) in [6.45, 7) is 0. The van der Waals surface area contributed by atoms with Gasteiger partial charge >= 0.3 is 12.3 Å². The Morgan fingerprint density at radius 3 is 2.43 bits per heavy atom. The van der Waals surface area contributed by atoms with Crippen molar-refractivity contribution in [2.45, 2.75) is 6.36 Å². The van der Waals surface area contributed by atoms with Gasteiger partial charge in [0.2, 0.25) is 0 Å². The smallest absolute Gasteiger partial charge is 0.478 e. The predicted octanol–water partition coefficient (Wildman–Crippen LogP) is 4.49. The lowest BCUT2D eigenvalue weighted by molar-refractivity contribution is -0.274. The minimum Gasteiger partial charge on any atom is -0.478 e. The van der Waals surface area contributed by atoms with E-state index in [2.05, 4.69) is 4.74 Å². The van der Waals surface area contributed by atoms with Crippen molar-refractivity contribution in [1.82, 2.24) is 0 Å². The zero-order valence-corrected chi connectivity index (χ0v) is 11.5. The average molecular weight is 326 g/mol. The highest BCUT2D eigenvalue weighted by molar-refractivity contribution is 5.85. The summed E-state index contributed by atoms with van der Waals surface area (Å²) in [5.41, 5.74) is 0.248. The number of carbonyl (C=O) groups is 1. The first-order valence-corrected chi connectivity index (χ1v) is 6.32. The Kier molecular flexibility index (Phi) is 4.68. The van der Waals surface area contributed by atoms with E-state index in [0.717, 1.165) is 24.3 Å². The molecule has 3 nitrogen and oxygen atoms in total. The van der Waals surface area contributed by atoms with Crippen molar-refractivity contribution >= 4 is 12.0 Å². The third-order valence-corrected chi connectivity index (χ3v) is 2.83. The van der Waals surface area contributed by atoms with E-state index in [1.807, 2.05) is 0 Å². The van der Waals surface area contributed by atoms with Gasteiger partial charge in [0, 0.05) is 17.2 Å². The molecule has 0 atom stereocenters. The van der Waals surface area contributed by atoms with Gasteiger partial charge in [0.1, 0.15) is 11.6 Å². The molecule has 1 N–H and O–H groups in total. The fourth-order valence-electron chi connectivity index (χ4n) is 1.91. The summed E-state index contributed by atoms with van der Waals surface area (Å²) in [7, 11) is 0. The Bertz CT molecular complexity index is 751. The lowest BCUT2D eigenvalue weighted by Crippen LogP contribution is -2.17. The highest BCUT2D eigenvalue weighted by atomic mass is 19.4. The van der Waals surface area contributed by atoms with E-state index < -0.39 is 23.9 Å². The molecule has 0 aliphatic rings. The number of hydrogen-bond acceptors (Lipinski definition) is 2. The molecule has 120 valence electrons. The van der Waals surface area contributed by atoms with Crippen molar-refractivity contribution in [3.8, 4) is 16.9 Å². The second-order valence-corrected chi connectivity index (χ2v) is 4.45. The minimum absolute atomic E-state index is 0.00497. The van der Waals surface area contributed by atoms with Crippen LogP contribution in [0.4, 0.5) is 17.6 Å². The molecule has 0 saturated heterocycles. The van der Waals surface area contributed by atoms with Crippen LogP contribution in [0, 0.1) is 5.82 Å². The van der Waals surface area contributed by atoms with Crippen LogP contribution >= 0.6 is 0 Å². The van der Waals surface area contributed by atoms with Gasteiger partial charge in [-0.15, -0.1) is 13.2 Å². The van der Waals surface area contributed by atoms with Gasteiger partial charge in [-0.2, -0.15) is 0 Å². The molecule has 0 aliphatic heterocycles. The maximum absolute atomic E-state index is 13.9. The van der Waals surface area contributed by atoms with Gasteiger partial charge in [-0.3, -0.25) is 0 Å². The quantitative estimate of drug-likeness (QED) is 0.665. The summed E-state index contributed by atoms with van der Waals surface area (Å²) in [5, 5.41) is 8.51. The highest BCUT2D eigenvalue weighted by Gasteiger charge is 2.32. The molecule has 23 heavy (non-hydrogen) atoms. The van der Waals surface area contributed by atoms with E-state index >= 15 is 0 Å². The van der Waals surface area contributed by atoms with Gasteiger partial charge in [-0.25, -0.2) is 9.18 Å². The molecule has 0 aromatic heterocycles. The Labute approximate surface area is 128 Å². The normalized spacial score (nSPS) is 11.7. The fourth-order valence-corrected chi connectivity index (χ4v) is 1.91. The first-order valence-electron chi connectivity index (χ1n) is 6.32. The Balaban J connectivity index is 2.40. The van der Waals surface area contributed by atoms with Crippen LogP contribution in [0.15, 0.2) is 48.5 Å². The maximum atomic E-state index is 13.9. The summed E-state index contributed by atoms with van der Waals surface area (Å²) < 4.78 is 55.1. The standard InChI is InChI=1S/C16H10F4O3/c17-13-9-11(6-5-10(13)7-8-15(21)22)12-3-1-2-4-14(12)23-16(18,19)20/h1-9H,(H,21,22)/b8-7+. The fraction of sp³-hybridized carbons (Fsp3) is 0.0625. The van der Waals surface area contributed by atoms with Crippen molar-refractivity contribution in [2.75, 3.05) is 0 Å². The zero-order chi connectivity index (χ0) is 17.0. The van der Waals surface area contributed by atoms with E-state index in [9.17, 15) is 22.4 Å². The number of carboxylic acid groups (broad SMARTS) is 1. The molecule has 0 saturated carbocycles. The maximum Gasteiger partial charge on any atom is 0.573 e. The molecular formula is C16H10F4O3. The average Bonchev–Trinajstić information content (AvgIpc) is 2.44. The van der Waals surface area contributed by atoms with E-state index in [4.69, 9.17) is 5.11 Å². The SMILES string of the molecule is O=C(O)/C=C/c1ccc(-c2ccccc2OC(F)(F)F)cc1F. The Morgan fingerprint density at radius 2 is 1.83 bits per heavy atom. The molecular weight excluding hydrogens is 316 g/mol. The molecule has 0 spiro atoms. The molecule has 0 heterocycles. The number of ether oxygens (including phenoxy) is 1. The number of aliphatic carboxylic acids is 1. The number of benzene rings is 2. The predicted molar refractivity (Wildman–Crippen MR) is 75.2 cm³/mol. The molecule has 2 aromatic rings. The number of hydrogen-bond donors (Lipinski definition) is 1. The molecule has 7 heteroatoms. The number of halogens is 4. The molecule has 0 unspecified atom stereocenters. The summed E-state index contributed by atoms with van der Waals surface area (Å²) in [5.74, 6) is -2.45. The number of para-hydroxylation sites is 1. The molecule has 0 aliphatic carbocycles. The van der Waals surface area contributed by atoms with Crippen LogP contribution in [-0.2, 0) is 4.79 Å². The van der Waals surface area contributed by atoms with Gasteiger partial charge in [0.15, 0.2) is 0 Å². The first-order chi connectivity index (χ1) is 10.8. The van der Waals surface area contributed by atoms with Gasteiger partial charge < -0.3 is 9.84 Å². The van der Waals surface area contributed by atoms with Crippen molar-refractivity contribution in [3.63, 3.8) is 0 Å². The number of carboxylic acids is 1. The molecule has 0 fully saturated rings. The molecule has 2 rings (SSSR count). The van der Waals surface area contributed by atoms with Crippen molar-refractivity contribution in [1.29, 1.82) is 0 Å². The van der Waals surface area contributed by atoms with Crippen LogP contribution in [0.25, 0.3) is 17.2 Å². The highest BCUT2D eigenvalue weighted by Crippen LogP contribution is 2.34. The van der Waals surface area contributed by atoms with Gasteiger partial charge in [0.25, 0.3) is 0 Å². The topological polar surface area (TPSA) is 46.5 Å². The third-order valence-electron chi connectivity index (χ3n) is 2.83. The van der Waals surface area contributed by atoms with Crippen LogP contribution in [0.3, 0.4) is 0 Å². The van der Waals surface area contributed by atoms with E-state index in [1.165, 1.54) is 30.3 Å². The van der Waals surface area contributed by atoms with Gasteiger partial charge in [-0.05, 0) is 23.8 Å². The Morgan fingerprint density at radius 1 is 1.13 bits per heavy atom. The van der Waals surface area contributed by atoms with Crippen molar-refractivity contribution in [3.05, 3.63) is 59.9 Å². The third kappa shape index (κ3) is 4.57. The van der Waals surface area contributed by atoms with Crippen LogP contribution in [0.2, 0.25) is 0 Å². The zero-order valence-electron chi connectivity index (χ0n) is 11.5. The van der Waals surface area contributed by atoms with Crippen molar-refractivity contribution < 1.29 is 32.2 Å². The minimum atomic E-state index is -4.86. The number of alkyl halides is 3. The van der Waals surface area contributed by atoms with Gasteiger partial charge in [0.05, 0.1) is 0 Å².